The van der Waals surface area contributed by atoms with Crippen LogP contribution in [0.4, 0.5) is 20.6 Å². The number of carbonyl (C=O) groups excluding carboxylic acids is 3. The molecule has 2 rings (SSSR count). The van der Waals surface area contributed by atoms with E-state index in [0.29, 0.717) is 19.5 Å². The van der Waals surface area contributed by atoms with Crippen molar-refractivity contribution in [3.63, 3.8) is 0 Å². The van der Waals surface area contributed by atoms with Crippen LogP contribution in [-0.2, 0) is 23.8 Å². The predicted octanol–water partition coefficient (Wildman–Crippen LogP) is 2.57. The van der Waals surface area contributed by atoms with Gasteiger partial charge in [0.25, 0.3) is 0 Å². The topological polar surface area (TPSA) is 106 Å². The minimum atomic E-state index is -0.813. The van der Waals surface area contributed by atoms with E-state index >= 15 is 0 Å². The molecule has 0 radical (unpaired) electrons. The van der Waals surface area contributed by atoms with E-state index in [-0.39, 0.29) is 23.1 Å². The fourth-order valence-corrected chi connectivity index (χ4v) is 3.07. The van der Waals surface area contributed by atoms with Gasteiger partial charge in [-0.25, -0.2) is 18.8 Å². The van der Waals surface area contributed by atoms with Gasteiger partial charge in [0, 0.05) is 13.1 Å². The number of nitrogens with zero attached hydrogens (tertiary/aromatic N) is 1. The van der Waals surface area contributed by atoms with Gasteiger partial charge in [-0.15, -0.1) is 0 Å². The predicted molar refractivity (Wildman–Crippen MR) is 112 cm³/mol. The second kappa shape index (κ2) is 10.1. The molecule has 170 valence electrons. The van der Waals surface area contributed by atoms with Gasteiger partial charge in [-0.05, 0) is 39.3 Å². The smallest absolute Gasteiger partial charge is 0.407 e. The number of benzene rings is 1. The van der Waals surface area contributed by atoms with Crippen molar-refractivity contribution in [1.29, 1.82) is 0 Å². The van der Waals surface area contributed by atoms with E-state index in [1.54, 1.807) is 31.7 Å². The summed E-state index contributed by atoms with van der Waals surface area (Å²) in [4.78, 5) is 37.4. The third kappa shape index (κ3) is 6.87. The van der Waals surface area contributed by atoms with Crippen LogP contribution in [0.15, 0.2) is 30.0 Å². The van der Waals surface area contributed by atoms with Crippen molar-refractivity contribution in [1.82, 2.24) is 5.32 Å². The van der Waals surface area contributed by atoms with Crippen molar-refractivity contribution in [2.24, 2.45) is 0 Å². The second-order valence-electron chi connectivity index (χ2n) is 7.91. The first-order valence-electron chi connectivity index (χ1n) is 9.72. The quantitative estimate of drug-likeness (QED) is 0.397. The molecule has 1 atom stereocenters. The molecule has 0 bridgehead atoms. The average Bonchev–Trinajstić information content (AvgIpc) is 3.12. The lowest BCUT2D eigenvalue weighted by molar-refractivity contribution is -0.138. The van der Waals surface area contributed by atoms with E-state index in [1.807, 2.05) is 0 Å². The van der Waals surface area contributed by atoms with Crippen molar-refractivity contribution in [2.45, 2.75) is 38.8 Å². The van der Waals surface area contributed by atoms with Gasteiger partial charge < -0.3 is 29.7 Å². The highest BCUT2D eigenvalue weighted by molar-refractivity contribution is 5.99. The minimum Gasteiger partial charge on any atom is -0.466 e. The number of alkyl carbamates (subject to hydrolysis) is 1. The largest absolute Gasteiger partial charge is 0.466 e. The molecule has 1 aromatic carbocycles. The van der Waals surface area contributed by atoms with Crippen LogP contribution in [0.1, 0.15) is 27.2 Å². The number of para-hydroxylation sites is 1. The lowest BCUT2D eigenvalue weighted by Crippen LogP contribution is -2.40. The number of hydrogen-bond acceptors (Lipinski definition) is 8. The number of nitrogens with one attached hydrogen (secondary N) is 2. The van der Waals surface area contributed by atoms with Gasteiger partial charge in [-0.2, -0.15) is 0 Å². The standard InChI is InChI=1S/C21H28FN3O6/c1-21(2,3)31-20(28)23-13-9-10-25(12-13)18-14(22)7-6-8-15(18)24-16(19(27)30-5)11-17(26)29-4/h6-8,11,13,24H,9-10,12H2,1-5H3,(H,23,28)/b16-11+. The summed E-state index contributed by atoms with van der Waals surface area (Å²) in [5.74, 6) is -2.11. The first-order chi connectivity index (χ1) is 14.5. The zero-order chi connectivity index (χ0) is 23.2. The van der Waals surface area contributed by atoms with Gasteiger partial charge in [0.15, 0.2) is 0 Å². The number of esters is 2. The maximum atomic E-state index is 14.8. The van der Waals surface area contributed by atoms with Gasteiger partial charge >= 0.3 is 18.0 Å². The SMILES string of the molecule is COC(=O)/C=C(/Nc1cccc(F)c1N1CCC(NC(=O)OC(C)(C)C)C1)C(=O)OC. The average molecular weight is 437 g/mol. The number of ether oxygens (including phenoxy) is 3. The Hall–Kier alpha value is -3.30. The maximum Gasteiger partial charge on any atom is 0.407 e. The lowest BCUT2D eigenvalue weighted by Gasteiger charge is -2.24. The molecule has 0 spiro atoms. The van der Waals surface area contributed by atoms with Crippen LogP contribution < -0.4 is 15.5 Å². The normalized spacial score (nSPS) is 16.5. The zero-order valence-corrected chi connectivity index (χ0v) is 18.3. The number of hydrogen-bond donors (Lipinski definition) is 2. The van der Waals surface area contributed by atoms with Crippen LogP contribution in [0.3, 0.4) is 0 Å². The molecule has 1 fully saturated rings. The molecule has 1 amide bonds. The Balaban J connectivity index is 2.21. The Kier molecular flexibility index (Phi) is 7.84. The molecule has 1 unspecified atom stereocenters. The number of amides is 1. The molecule has 2 N–H and O–H groups in total. The molecule has 1 saturated heterocycles. The highest BCUT2D eigenvalue weighted by Gasteiger charge is 2.29. The van der Waals surface area contributed by atoms with Gasteiger partial charge in [0.2, 0.25) is 0 Å². The van der Waals surface area contributed by atoms with Crippen LogP contribution in [0, 0.1) is 5.82 Å². The Bertz CT molecular complexity index is 865. The molecule has 10 heteroatoms. The second-order valence-corrected chi connectivity index (χ2v) is 7.91. The maximum absolute atomic E-state index is 14.8. The van der Waals surface area contributed by atoms with Gasteiger partial charge in [0.1, 0.15) is 17.1 Å². The molecule has 1 aliphatic rings. The molecule has 0 saturated carbocycles. The number of halogens is 1. The summed E-state index contributed by atoms with van der Waals surface area (Å²) in [6.45, 7) is 6.11. The first-order valence-corrected chi connectivity index (χ1v) is 9.72. The van der Waals surface area contributed by atoms with Gasteiger partial charge in [-0.3, -0.25) is 0 Å². The summed E-state index contributed by atoms with van der Waals surface area (Å²) in [6.07, 6.45) is 0.965. The number of methoxy groups -OCH3 is 2. The Morgan fingerprint density at radius 1 is 1.19 bits per heavy atom. The van der Waals surface area contributed by atoms with Crippen molar-refractivity contribution in [2.75, 3.05) is 37.5 Å². The fourth-order valence-electron chi connectivity index (χ4n) is 3.07. The van der Waals surface area contributed by atoms with E-state index in [1.165, 1.54) is 19.2 Å². The molecule has 31 heavy (non-hydrogen) atoms. The summed E-state index contributed by atoms with van der Waals surface area (Å²) in [5, 5.41) is 5.54. The third-order valence-electron chi connectivity index (χ3n) is 4.35. The molecule has 1 aliphatic heterocycles. The summed E-state index contributed by atoms with van der Waals surface area (Å²) < 4.78 is 29.3. The van der Waals surface area contributed by atoms with E-state index in [9.17, 15) is 18.8 Å². The highest BCUT2D eigenvalue weighted by atomic mass is 19.1. The van der Waals surface area contributed by atoms with Crippen LogP contribution in [0.5, 0.6) is 0 Å². The highest BCUT2D eigenvalue weighted by Crippen LogP contribution is 2.33. The molecule has 0 aromatic heterocycles. The van der Waals surface area contributed by atoms with Crippen LogP contribution >= 0.6 is 0 Å². The van der Waals surface area contributed by atoms with E-state index < -0.39 is 29.5 Å². The molecule has 0 aliphatic carbocycles. The fraction of sp³-hybridized carbons (Fsp3) is 0.476. The van der Waals surface area contributed by atoms with Crippen molar-refractivity contribution in [3.8, 4) is 0 Å². The number of anilines is 2. The van der Waals surface area contributed by atoms with Crippen molar-refractivity contribution in [3.05, 3.63) is 35.8 Å². The van der Waals surface area contributed by atoms with Crippen LogP contribution in [0.2, 0.25) is 0 Å². The molecule has 9 nitrogen and oxygen atoms in total. The summed E-state index contributed by atoms with van der Waals surface area (Å²) >= 11 is 0. The summed E-state index contributed by atoms with van der Waals surface area (Å²) in [6, 6.07) is 4.09. The minimum absolute atomic E-state index is 0.204. The van der Waals surface area contributed by atoms with Crippen molar-refractivity contribution >= 4 is 29.4 Å². The molecule has 1 aromatic rings. The molecular formula is C21H28FN3O6. The Morgan fingerprint density at radius 2 is 1.90 bits per heavy atom. The van der Waals surface area contributed by atoms with Crippen molar-refractivity contribution < 1.29 is 33.0 Å². The van der Waals surface area contributed by atoms with Gasteiger partial charge in [0.05, 0.1) is 37.7 Å². The third-order valence-corrected chi connectivity index (χ3v) is 4.35. The van der Waals surface area contributed by atoms with E-state index in [2.05, 4.69) is 20.1 Å². The van der Waals surface area contributed by atoms with Crippen LogP contribution in [0.25, 0.3) is 0 Å². The van der Waals surface area contributed by atoms with E-state index in [0.717, 1.165) is 13.2 Å². The molecular weight excluding hydrogens is 409 g/mol. The lowest BCUT2D eigenvalue weighted by atomic mass is 10.2. The molecule has 1 heterocycles. The monoisotopic (exact) mass is 437 g/mol. The summed E-state index contributed by atoms with van der Waals surface area (Å²) in [5.41, 5.74) is -0.362. The number of rotatable bonds is 6. The Morgan fingerprint density at radius 3 is 2.52 bits per heavy atom. The summed E-state index contributed by atoms with van der Waals surface area (Å²) in [7, 11) is 2.33. The Labute approximate surface area is 180 Å². The number of carbonyl (C=O) groups is 3. The van der Waals surface area contributed by atoms with E-state index in [4.69, 9.17) is 4.74 Å². The first kappa shape index (κ1) is 24.0. The van der Waals surface area contributed by atoms with Gasteiger partial charge in [-0.1, -0.05) is 6.07 Å². The zero-order valence-electron chi connectivity index (χ0n) is 18.3. The van der Waals surface area contributed by atoms with Crippen LogP contribution in [-0.4, -0.2) is 57.0 Å².